The van der Waals surface area contributed by atoms with Gasteiger partial charge in [0.05, 0.1) is 11.4 Å². The summed E-state index contributed by atoms with van der Waals surface area (Å²) in [5.74, 6) is -0.641. The molecular formula is C12H15FN4O2S. The largest absolute Gasteiger partial charge is 0.399 e. The van der Waals surface area contributed by atoms with Gasteiger partial charge >= 0.3 is 0 Å². The number of sulfonamides is 1. The number of nitrogens with zero attached hydrogens (tertiary/aromatic N) is 2. The van der Waals surface area contributed by atoms with Crippen LogP contribution in [0.2, 0.25) is 0 Å². The Morgan fingerprint density at radius 1 is 1.45 bits per heavy atom. The fraction of sp³-hybridized carbons (Fsp3) is 0.250. The predicted molar refractivity (Wildman–Crippen MR) is 73.0 cm³/mol. The minimum Gasteiger partial charge on any atom is -0.399 e. The number of nitrogen functional groups attached to an aromatic ring is 1. The minimum atomic E-state index is -3.80. The summed E-state index contributed by atoms with van der Waals surface area (Å²) in [6, 6.07) is 4.08. The van der Waals surface area contributed by atoms with E-state index in [9.17, 15) is 12.8 Å². The van der Waals surface area contributed by atoms with Crippen LogP contribution in [-0.4, -0.2) is 24.7 Å². The third-order valence-corrected chi connectivity index (χ3v) is 4.39. The maximum absolute atomic E-state index is 13.5. The predicted octanol–water partition coefficient (Wildman–Crippen LogP) is 0.891. The van der Waals surface area contributed by atoms with Crippen LogP contribution in [-0.2, 0) is 16.6 Å². The fourth-order valence-corrected chi connectivity index (χ4v) is 3.07. The summed E-state index contributed by atoms with van der Waals surface area (Å²) in [5.41, 5.74) is 5.60. The van der Waals surface area contributed by atoms with Gasteiger partial charge in [-0.15, -0.1) is 0 Å². The van der Waals surface area contributed by atoms with Gasteiger partial charge in [-0.25, -0.2) is 17.5 Å². The van der Waals surface area contributed by atoms with Crippen molar-refractivity contribution in [2.24, 2.45) is 0 Å². The second-order valence-corrected chi connectivity index (χ2v) is 6.03. The molecule has 0 spiro atoms. The molecule has 6 nitrogen and oxygen atoms in total. The molecule has 0 aliphatic carbocycles. The molecule has 0 bridgehead atoms. The maximum atomic E-state index is 13.5. The van der Waals surface area contributed by atoms with E-state index in [0.717, 1.165) is 6.07 Å². The van der Waals surface area contributed by atoms with E-state index >= 15 is 0 Å². The van der Waals surface area contributed by atoms with E-state index in [-0.39, 0.29) is 22.7 Å². The molecule has 0 saturated carbocycles. The number of benzene rings is 1. The number of halogens is 1. The number of hydrogen-bond donors (Lipinski definition) is 2. The standard InChI is InChI=1S/C12H15FN4O2S/c1-9-11(13)7-10(14)8-12(9)20(18,19)16-4-6-17-5-2-3-15-17/h2-3,5,7-8,16H,4,6,14H2,1H3. The molecule has 0 fully saturated rings. The smallest absolute Gasteiger partial charge is 0.241 e. The van der Waals surface area contributed by atoms with Crippen LogP contribution in [0.1, 0.15) is 5.56 Å². The summed E-state index contributed by atoms with van der Waals surface area (Å²) in [5, 5.41) is 3.96. The van der Waals surface area contributed by atoms with Crippen LogP contribution in [0.25, 0.3) is 0 Å². The van der Waals surface area contributed by atoms with E-state index in [1.165, 1.54) is 13.0 Å². The van der Waals surface area contributed by atoms with Crippen molar-refractivity contribution in [1.29, 1.82) is 0 Å². The summed E-state index contributed by atoms with van der Waals surface area (Å²) in [4.78, 5) is -0.143. The minimum absolute atomic E-state index is 0.0470. The molecule has 0 saturated heterocycles. The van der Waals surface area contributed by atoms with Crippen molar-refractivity contribution in [2.45, 2.75) is 18.4 Å². The quantitative estimate of drug-likeness (QED) is 0.802. The highest BCUT2D eigenvalue weighted by Gasteiger charge is 2.19. The first-order valence-corrected chi connectivity index (χ1v) is 7.41. The van der Waals surface area contributed by atoms with Crippen LogP contribution in [0.4, 0.5) is 10.1 Å². The van der Waals surface area contributed by atoms with Crippen LogP contribution in [0.5, 0.6) is 0 Å². The Hall–Kier alpha value is -1.93. The van der Waals surface area contributed by atoms with E-state index < -0.39 is 15.8 Å². The Kier molecular flexibility index (Phi) is 4.05. The highest BCUT2D eigenvalue weighted by atomic mass is 32.2. The average molecular weight is 298 g/mol. The highest BCUT2D eigenvalue weighted by molar-refractivity contribution is 7.89. The van der Waals surface area contributed by atoms with Crippen molar-refractivity contribution < 1.29 is 12.8 Å². The molecule has 2 rings (SSSR count). The number of nitrogens with two attached hydrogens (primary N) is 1. The molecule has 1 aromatic carbocycles. The Balaban J connectivity index is 2.14. The molecule has 0 atom stereocenters. The van der Waals surface area contributed by atoms with Gasteiger partial charge in [-0.1, -0.05) is 0 Å². The van der Waals surface area contributed by atoms with Crippen LogP contribution < -0.4 is 10.5 Å². The lowest BCUT2D eigenvalue weighted by Crippen LogP contribution is -2.28. The molecule has 0 radical (unpaired) electrons. The molecule has 2 aromatic rings. The number of hydrogen-bond acceptors (Lipinski definition) is 4. The Bertz CT molecular complexity index is 698. The van der Waals surface area contributed by atoms with Crippen LogP contribution in [0.3, 0.4) is 0 Å². The van der Waals surface area contributed by atoms with Gasteiger partial charge in [0.2, 0.25) is 10.0 Å². The maximum Gasteiger partial charge on any atom is 0.241 e. The zero-order chi connectivity index (χ0) is 14.8. The van der Waals surface area contributed by atoms with Crippen LogP contribution in [0, 0.1) is 12.7 Å². The van der Waals surface area contributed by atoms with Crippen molar-refractivity contribution in [2.75, 3.05) is 12.3 Å². The van der Waals surface area contributed by atoms with Crippen LogP contribution in [0.15, 0.2) is 35.5 Å². The first-order chi connectivity index (χ1) is 9.40. The fourth-order valence-electron chi connectivity index (χ4n) is 1.76. The number of anilines is 1. The van der Waals surface area contributed by atoms with Crippen molar-refractivity contribution >= 4 is 15.7 Å². The molecule has 108 valence electrons. The zero-order valence-electron chi connectivity index (χ0n) is 10.9. The summed E-state index contributed by atoms with van der Waals surface area (Å²) >= 11 is 0. The third kappa shape index (κ3) is 3.14. The van der Waals surface area contributed by atoms with Gasteiger partial charge in [0, 0.05) is 30.2 Å². The van der Waals surface area contributed by atoms with Gasteiger partial charge < -0.3 is 5.73 Å². The Morgan fingerprint density at radius 3 is 2.85 bits per heavy atom. The Morgan fingerprint density at radius 2 is 2.20 bits per heavy atom. The van der Waals surface area contributed by atoms with Gasteiger partial charge in [0.15, 0.2) is 0 Å². The molecule has 20 heavy (non-hydrogen) atoms. The molecule has 1 aromatic heterocycles. The van der Waals surface area contributed by atoms with Gasteiger partial charge in [-0.3, -0.25) is 4.68 Å². The average Bonchev–Trinajstić information content (AvgIpc) is 2.86. The molecule has 8 heteroatoms. The lowest BCUT2D eigenvalue weighted by atomic mass is 10.2. The normalized spacial score (nSPS) is 11.7. The number of nitrogens with one attached hydrogen (secondary N) is 1. The lowest BCUT2D eigenvalue weighted by molar-refractivity contribution is 0.557. The third-order valence-electron chi connectivity index (χ3n) is 2.80. The summed E-state index contributed by atoms with van der Waals surface area (Å²) < 4.78 is 41.8. The summed E-state index contributed by atoms with van der Waals surface area (Å²) in [6.07, 6.45) is 3.33. The lowest BCUT2D eigenvalue weighted by Gasteiger charge is -2.11. The van der Waals surface area contributed by atoms with Crippen molar-refractivity contribution in [3.63, 3.8) is 0 Å². The first kappa shape index (κ1) is 14.5. The second kappa shape index (κ2) is 5.59. The van der Waals surface area contributed by atoms with E-state index in [0.29, 0.717) is 6.54 Å². The molecule has 0 aliphatic heterocycles. The van der Waals surface area contributed by atoms with E-state index in [4.69, 9.17) is 5.73 Å². The van der Waals surface area contributed by atoms with Gasteiger partial charge in [-0.05, 0) is 25.1 Å². The van der Waals surface area contributed by atoms with Crippen molar-refractivity contribution in [3.05, 3.63) is 42.0 Å². The molecule has 3 N–H and O–H groups in total. The zero-order valence-corrected chi connectivity index (χ0v) is 11.7. The summed E-state index contributed by atoms with van der Waals surface area (Å²) in [7, 11) is -3.80. The number of rotatable bonds is 5. The highest BCUT2D eigenvalue weighted by Crippen LogP contribution is 2.21. The molecule has 0 amide bonds. The molecule has 0 unspecified atom stereocenters. The van der Waals surface area contributed by atoms with E-state index in [1.54, 1.807) is 23.1 Å². The van der Waals surface area contributed by atoms with E-state index in [2.05, 4.69) is 9.82 Å². The van der Waals surface area contributed by atoms with Crippen molar-refractivity contribution in [1.82, 2.24) is 14.5 Å². The second-order valence-electron chi connectivity index (χ2n) is 4.29. The summed E-state index contributed by atoms with van der Waals surface area (Å²) in [6.45, 7) is 1.94. The van der Waals surface area contributed by atoms with E-state index in [1.807, 2.05) is 0 Å². The molecule has 1 heterocycles. The SMILES string of the molecule is Cc1c(F)cc(N)cc1S(=O)(=O)NCCn1cccn1. The molecule has 0 aliphatic rings. The van der Waals surface area contributed by atoms with Crippen molar-refractivity contribution in [3.8, 4) is 0 Å². The van der Waals surface area contributed by atoms with Gasteiger partial charge in [0.1, 0.15) is 5.82 Å². The van der Waals surface area contributed by atoms with Crippen LogP contribution >= 0.6 is 0 Å². The topological polar surface area (TPSA) is 90.0 Å². The molecular weight excluding hydrogens is 283 g/mol. The monoisotopic (exact) mass is 298 g/mol. The van der Waals surface area contributed by atoms with Gasteiger partial charge in [0.25, 0.3) is 0 Å². The number of aromatic nitrogens is 2. The van der Waals surface area contributed by atoms with Gasteiger partial charge in [-0.2, -0.15) is 5.10 Å². The Labute approximate surface area is 116 Å². The first-order valence-electron chi connectivity index (χ1n) is 5.93.